The molecule has 22 heavy (non-hydrogen) atoms. The Morgan fingerprint density at radius 1 is 1.32 bits per heavy atom. The first kappa shape index (κ1) is 14.9. The maximum atomic E-state index is 12.0. The van der Waals surface area contributed by atoms with Gasteiger partial charge in [0, 0.05) is 5.69 Å². The number of anilines is 1. The largest absolute Gasteiger partial charge is 0.508 e. The van der Waals surface area contributed by atoms with Gasteiger partial charge in [0.1, 0.15) is 5.75 Å². The fourth-order valence-electron chi connectivity index (χ4n) is 1.97. The van der Waals surface area contributed by atoms with E-state index in [-0.39, 0.29) is 11.7 Å². The molecule has 0 aliphatic carbocycles. The number of hydrogen-bond acceptors (Lipinski definition) is 5. The first-order chi connectivity index (χ1) is 10.6. The van der Waals surface area contributed by atoms with E-state index >= 15 is 0 Å². The molecular weight excluding hydrogens is 316 g/mol. The highest BCUT2D eigenvalue weighted by molar-refractivity contribution is 8.01. The van der Waals surface area contributed by atoms with Crippen LogP contribution < -0.4 is 5.32 Å². The summed E-state index contributed by atoms with van der Waals surface area (Å²) in [6, 6.07) is 12.9. The van der Waals surface area contributed by atoms with Crippen molar-refractivity contribution in [1.82, 2.24) is 4.98 Å². The van der Waals surface area contributed by atoms with Gasteiger partial charge >= 0.3 is 0 Å². The summed E-state index contributed by atoms with van der Waals surface area (Å²) >= 11 is 3.02. The highest BCUT2D eigenvalue weighted by Crippen LogP contribution is 2.29. The molecule has 2 aromatic carbocycles. The number of aromatic nitrogens is 1. The van der Waals surface area contributed by atoms with Crippen LogP contribution in [0.25, 0.3) is 10.2 Å². The van der Waals surface area contributed by atoms with Crippen LogP contribution >= 0.6 is 23.1 Å². The smallest absolute Gasteiger partial charge is 0.234 e. The number of phenolic OH excluding ortho intramolecular Hbond substituents is 1. The Bertz CT molecular complexity index is 797. The molecule has 3 aromatic rings. The quantitative estimate of drug-likeness (QED) is 0.560. The van der Waals surface area contributed by atoms with E-state index in [0.29, 0.717) is 11.4 Å². The van der Waals surface area contributed by atoms with E-state index in [1.807, 2.05) is 24.3 Å². The van der Waals surface area contributed by atoms with E-state index < -0.39 is 0 Å². The van der Waals surface area contributed by atoms with E-state index in [9.17, 15) is 9.90 Å². The summed E-state index contributed by atoms with van der Waals surface area (Å²) in [5.74, 6) is 0.441. The van der Waals surface area contributed by atoms with E-state index in [1.54, 1.807) is 36.5 Å². The number of amides is 1. The van der Waals surface area contributed by atoms with Crippen molar-refractivity contribution in [2.45, 2.75) is 11.3 Å². The first-order valence-corrected chi connectivity index (χ1v) is 8.50. The van der Waals surface area contributed by atoms with E-state index in [2.05, 4.69) is 10.3 Å². The fourth-order valence-corrected chi connectivity index (χ4v) is 3.84. The third-order valence-electron chi connectivity index (χ3n) is 3.08. The molecule has 0 spiro atoms. The third-order valence-corrected chi connectivity index (χ3v) is 5.26. The first-order valence-electron chi connectivity index (χ1n) is 6.69. The molecule has 0 saturated carbocycles. The lowest BCUT2D eigenvalue weighted by atomic mass is 10.2. The Kier molecular flexibility index (Phi) is 4.31. The molecule has 1 heterocycles. The number of carbonyl (C=O) groups excluding carboxylic acids is 1. The second kappa shape index (κ2) is 6.37. The normalized spacial score (nSPS) is 10.8. The number of aromatic hydroxyl groups is 1. The Morgan fingerprint density at radius 2 is 2.14 bits per heavy atom. The van der Waals surface area contributed by atoms with Crippen molar-refractivity contribution >= 4 is 44.9 Å². The molecule has 0 fully saturated rings. The summed E-state index contributed by atoms with van der Waals surface area (Å²) in [6.45, 7) is 1.79. The lowest BCUT2D eigenvalue weighted by Crippen LogP contribution is -2.13. The van der Waals surface area contributed by atoms with Gasteiger partial charge in [-0.05, 0) is 42.8 Å². The van der Waals surface area contributed by atoms with Crippen LogP contribution in [0.5, 0.6) is 5.75 Å². The molecule has 3 rings (SSSR count). The fraction of sp³-hybridized carbons (Fsp3) is 0.125. The van der Waals surface area contributed by atoms with Crippen LogP contribution in [0.15, 0.2) is 46.8 Å². The van der Waals surface area contributed by atoms with Crippen LogP contribution in [-0.2, 0) is 4.79 Å². The van der Waals surface area contributed by atoms with Crippen LogP contribution in [-0.4, -0.2) is 21.8 Å². The molecule has 6 heteroatoms. The van der Waals surface area contributed by atoms with Crippen molar-refractivity contribution in [3.05, 3.63) is 48.0 Å². The zero-order valence-corrected chi connectivity index (χ0v) is 13.5. The SMILES string of the molecule is Cc1cc(NC(=O)CSc2nc3ccccc3s2)ccc1O. The molecule has 1 amide bonds. The van der Waals surface area contributed by atoms with E-state index in [1.165, 1.54) is 11.8 Å². The van der Waals surface area contributed by atoms with Gasteiger partial charge in [0.2, 0.25) is 5.91 Å². The standard InChI is InChI=1S/C16H14N2O2S2/c1-10-8-11(6-7-13(10)19)17-15(20)9-21-16-18-12-4-2-3-5-14(12)22-16/h2-8,19H,9H2,1H3,(H,17,20). The monoisotopic (exact) mass is 330 g/mol. The van der Waals surface area contributed by atoms with Gasteiger partial charge in [-0.15, -0.1) is 11.3 Å². The van der Waals surface area contributed by atoms with Crippen LogP contribution in [0.4, 0.5) is 5.69 Å². The zero-order chi connectivity index (χ0) is 15.5. The Labute approximate surface area is 136 Å². The Balaban J connectivity index is 1.60. The minimum atomic E-state index is -0.0886. The van der Waals surface area contributed by atoms with Crippen molar-refractivity contribution in [1.29, 1.82) is 0 Å². The maximum Gasteiger partial charge on any atom is 0.234 e. The van der Waals surface area contributed by atoms with Crippen molar-refractivity contribution < 1.29 is 9.90 Å². The molecule has 0 atom stereocenters. The molecule has 1 aromatic heterocycles. The summed E-state index contributed by atoms with van der Waals surface area (Å²) in [4.78, 5) is 16.5. The molecule has 2 N–H and O–H groups in total. The molecule has 4 nitrogen and oxygen atoms in total. The molecule has 0 unspecified atom stereocenters. The minimum absolute atomic E-state index is 0.0886. The Hall–Kier alpha value is -2.05. The summed E-state index contributed by atoms with van der Waals surface area (Å²) in [5.41, 5.74) is 2.38. The van der Waals surface area contributed by atoms with Gasteiger partial charge in [-0.2, -0.15) is 0 Å². The number of thioether (sulfide) groups is 1. The number of rotatable bonds is 4. The summed E-state index contributed by atoms with van der Waals surface area (Å²) in [5, 5.41) is 12.3. The van der Waals surface area contributed by atoms with Crippen LogP contribution in [0.1, 0.15) is 5.56 Å². The predicted octanol–water partition coefficient (Wildman–Crippen LogP) is 4.04. The van der Waals surface area contributed by atoms with Crippen molar-refractivity contribution in [2.75, 3.05) is 11.1 Å². The number of para-hydroxylation sites is 1. The second-order valence-corrected chi connectivity index (χ2v) is 7.04. The van der Waals surface area contributed by atoms with Gasteiger partial charge in [0.25, 0.3) is 0 Å². The molecule has 0 saturated heterocycles. The second-order valence-electron chi connectivity index (χ2n) is 4.79. The number of aryl methyl sites for hydroxylation is 1. The minimum Gasteiger partial charge on any atom is -0.508 e. The van der Waals surface area contributed by atoms with Crippen molar-refractivity contribution in [3.63, 3.8) is 0 Å². The average molecular weight is 330 g/mol. The highest BCUT2D eigenvalue weighted by Gasteiger charge is 2.08. The van der Waals surface area contributed by atoms with Gasteiger partial charge in [0.15, 0.2) is 4.34 Å². The third kappa shape index (κ3) is 3.40. The maximum absolute atomic E-state index is 12.0. The molecule has 0 radical (unpaired) electrons. The number of phenols is 1. The number of fused-ring (bicyclic) bond motifs is 1. The van der Waals surface area contributed by atoms with Gasteiger partial charge in [-0.25, -0.2) is 4.98 Å². The molecular formula is C16H14N2O2S2. The van der Waals surface area contributed by atoms with Crippen LogP contribution in [0, 0.1) is 6.92 Å². The van der Waals surface area contributed by atoms with E-state index in [0.717, 1.165) is 20.1 Å². The van der Waals surface area contributed by atoms with Crippen molar-refractivity contribution in [3.8, 4) is 5.75 Å². The van der Waals surface area contributed by atoms with Crippen LogP contribution in [0.2, 0.25) is 0 Å². The van der Waals surface area contributed by atoms with Crippen molar-refractivity contribution in [2.24, 2.45) is 0 Å². The lowest BCUT2D eigenvalue weighted by Gasteiger charge is -2.06. The number of thiazole rings is 1. The summed E-state index contributed by atoms with van der Waals surface area (Å²) in [6.07, 6.45) is 0. The number of nitrogens with zero attached hydrogens (tertiary/aromatic N) is 1. The topological polar surface area (TPSA) is 62.2 Å². The Morgan fingerprint density at radius 3 is 2.91 bits per heavy atom. The number of nitrogens with one attached hydrogen (secondary N) is 1. The summed E-state index contributed by atoms with van der Waals surface area (Å²) < 4.78 is 2.01. The molecule has 0 aliphatic heterocycles. The predicted molar refractivity (Wildman–Crippen MR) is 91.8 cm³/mol. The molecule has 0 bridgehead atoms. The molecule has 112 valence electrons. The van der Waals surface area contributed by atoms with E-state index in [4.69, 9.17) is 0 Å². The van der Waals surface area contributed by atoms with Gasteiger partial charge < -0.3 is 10.4 Å². The number of benzene rings is 2. The summed E-state index contributed by atoms with van der Waals surface area (Å²) in [7, 11) is 0. The van der Waals surface area contributed by atoms with Crippen LogP contribution in [0.3, 0.4) is 0 Å². The molecule has 0 aliphatic rings. The van der Waals surface area contributed by atoms with Gasteiger partial charge in [0.05, 0.1) is 16.0 Å². The van der Waals surface area contributed by atoms with Gasteiger partial charge in [-0.1, -0.05) is 23.9 Å². The number of hydrogen-bond donors (Lipinski definition) is 2. The number of carbonyl (C=O) groups is 1. The van der Waals surface area contributed by atoms with Gasteiger partial charge in [-0.3, -0.25) is 4.79 Å². The average Bonchev–Trinajstić information content (AvgIpc) is 2.92. The zero-order valence-electron chi connectivity index (χ0n) is 11.9. The lowest BCUT2D eigenvalue weighted by molar-refractivity contribution is -0.113. The highest BCUT2D eigenvalue weighted by atomic mass is 32.2.